The molecule has 2 bridgehead atoms. The largest absolute Gasteiger partial charge is 0.380 e. The number of fused-ring (bicyclic) bond motifs is 2. The van der Waals surface area contributed by atoms with Gasteiger partial charge in [0.2, 0.25) is 0 Å². The van der Waals surface area contributed by atoms with Crippen molar-refractivity contribution >= 4 is 23.2 Å². The summed E-state index contributed by atoms with van der Waals surface area (Å²) in [4.78, 5) is 7.04. The van der Waals surface area contributed by atoms with E-state index in [2.05, 4.69) is 34.2 Å². The van der Waals surface area contributed by atoms with E-state index in [0.29, 0.717) is 12.5 Å². The fourth-order valence-electron chi connectivity index (χ4n) is 5.86. The maximum absolute atomic E-state index is 11.8. The number of rotatable bonds is 4. The van der Waals surface area contributed by atoms with Crippen molar-refractivity contribution in [2.45, 2.75) is 67.6 Å². The van der Waals surface area contributed by atoms with E-state index in [0.717, 1.165) is 43.0 Å². The summed E-state index contributed by atoms with van der Waals surface area (Å²) >= 11 is 13.6. The van der Waals surface area contributed by atoms with Gasteiger partial charge in [-0.1, -0.05) is 35.9 Å². The molecule has 29 heavy (non-hydrogen) atoms. The molecule has 0 aromatic carbocycles. The number of aliphatic hydroxyl groups is 1. The lowest BCUT2D eigenvalue weighted by atomic mass is 9.83. The number of aromatic nitrogens is 2. The van der Waals surface area contributed by atoms with Crippen molar-refractivity contribution in [3.8, 4) is 0 Å². The molecule has 4 nitrogen and oxygen atoms in total. The van der Waals surface area contributed by atoms with Crippen molar-refractivity contribution in [2.75, 3.05) is 0 Å². The molecule has 2 saturated heterocycles. The van der Waals surface area contributed by atoms with Gasteiger partial charge in [-0.25, -0.2) is 4.98 Å². The topological polar surface area (TPSA) is 41.3 Å². The highest BCUT2D eigenvalue weighted by Gasteiger charge is 2.60. The molecule has 0 saturated carbocycles. The molecule has 5 rings (SSSR count). The van der Waals surface area contributed by atoms with E-state index in [1.807, 2.05) is 23.9 Å². The molecule has 3 heterocycles. The van der Waals surface area contributed by atoms with Gasteiger partial charge in [0.05, 0.1) is 11.4 Å². The Morgan fingerprint density at radius 1 is 1.31 bits per heavy atom. The van der Waals surface area contributed by atoms with Crippen LogP contribution in [0.2, 0.25) is 0 Å². The van der Waals surface area contributed by atoms with Crippen LogP contribution in [-0.2, 0) is 12.6 Å². The van der Waals surface area contributed by atoms with Crippen LogP contribution in [-0.4, -0.2) is 43.1 Å². The standard InChI is InChI=1S/C23H27Cl2N3O/c1-27-13-12-26-22(27)23(29)14-15-10-11-20(23)28(15)21(16-6-2-4-8-18(16)24)17-7-3-5-9-19(17)25/h2,4-6,9,12-13,15,18,20-21,29H,3,7-8,10-11,14H2,1H3/t15?,18-,20?,21?,23?/m0/s1. The van der Waals surface area contributed by atoms with Gasteiger partial charge < -0.3 is 9.67 Å². The second kappa shape index (κ2) is 7.42. The van der Waals surface area contributed by atoms with Crippen molar-refractivity contribution in [3.05, 3.63) is 64.8 Å². The van der Waals surface area contributed by atoms with E-state index in [9.17, 15) is 5.11 Å². The molecular weight excluding hydrogens is 405 g/mol. The first kappa shape index (κ1) is 19.6. The summed E-state index contributed by atoms with van der Waals surface area (Å²) in [5, 5.41) is 12.6. The Balaban J connectivity index is 1.60. The van der Waals surface area contributed by atoms with E-state index in [-0.39, 0.29) is 17.5 Å². The number of halogens is 2. The van der Waals surface area contributed by atoms with Crippen LogP contribution >= 0.6 is 23.2 Å². The molecule has 2 aliphatic carbocycles. The highest BCUT2D eigenvalue weighted by Crippen LogP contribution is 2.53. The Morgan fingerprint density at radius 2 is 2.17 bits per heavy atom. The maximum Gasteiger partial charge on any atom is 0.142 e. The maximum atomic E-state index is 11.8. The van der Waals surface area contributed by atoms with Gasteiger partial charge in [0.15, 0.2) is 0 Å². The van der Waals surface area contributed by atoms with Gasteiger partial charge >= 0.3 is 0 Å². The first-order valence-corrected chi connectivity index (χ1v) is 11.4. The molecule has 4 unspecified atom stereocenters. The minimum atomic E-state index is -0.941. The van der Waals surface area contributed by atoms with Crippen LogP contribution in [0.3, 0.4) is 0 Å². The number of hydrogen-bond donors (Lipinski definition) is 1. The number of allylic oxidation sites excluding steroid dienone is 6. The molecule has 1 N–H and O–H groups in total. The summed E-state index contributed by atoms with van der Waals surface area (Å²) in [5.41, 5.74) is 1.50. The number of alkyl halides is 1. The van der Waals surface area contributed by atoms with Gasteiger partial charge in [-0.3, -0.25) is 4.90 Å². The summed E-state index contributed by atoms with van der Waals surface area (Å²) in [5.74, 6) is 0.761. The van der Waals surface area contributed by atoms with Gasteiger partial charge in [0.25, 0.3) is 0 Å². The van der Waals surface area contributed by atoms with Gasteiger partial charge in [0, 0.05) is 43.0 Å². The van der Waals surface area contributed by atoms with Crippen molar-refractivity contribution < 1.29 is 5.11 Å². The number of aryl methyl sites for hydroxylation is 1. The van der Waals surface area contributed by atoms with Crippen LogP contribution in [0.4, 0.5) is 0 Å². The summed E-state index contributed by atoms with van der Waals surface area (Å²) in [6.45, 7) is 0. The fraction of sp³-hybridized carbons (Fsp3) is 0.522. The lowest BCUT2D eigenvalue weighted by Crippen LogP contribution is -2.48. The van der Waals surface area contributed by atoms with Gasteiger partial charge in [-0.05, 0) is 49.3 Å². The number of imidazole rings is 1. The van der Waals surface area contributed by atoms with Crippen LogP contribution in [0.5, 0.6) is 0 Å². The van der Waals surface area contributed by atoms with Crippen LogP contribution in [0.25, 0.3) is 0 Å². The Morgan fingerprint density at radius 3 is 2.90 bits per heavy atom. The molecule has 5 atom stereocenters. The lowest BCUT2D eigenvalue weighted by molar-refractivity contribution is -0.0157. The summed E-state index contributed by atoms with van der Waals surface area (Å²) in [6.07, 6.45) is 19.8. The first-order chi connectivity index (χ1) is 14.0. The van der Waals surface area contributed by atoms with Gasteiger partial charge in [-0.15, -0.1) is 11.6 Å². The van der Waals surface area contributed by atoms with Crippen LogP contribution in [0.1, 0.15) is 44.3 Å². The molecule has 6 heteroatoms. The second-order valence-electron chi connectivity index (χ2n) is 8.70. The van der Waals surface area contributed by atoms with Crippen molar-refractivity contribution in [3.63, 3.8) is 0 Å². The average molecular weight is 432 g/mol. The number of nitrogens with zero attached hydrogens (tertiary/aromatic N) is 3. The SMILES string of the molecule is Cn1ccnc1C1(O)CC2CCC1N2C(C1=CC=CC[C@@H]1Cl)C1=C(Cl)C=CCC1. The molecule has 0 spiro atoms. The molecule has 0 radical (unpaired) electrons. The summed E-state index contributed by atoms with van der Waals surface area (Å²) < 4.78 is 1.95. The Kier molecular flexibility index (Phi) is 5.02. The van der Waals surface area contributed by atoms with Gasteiger partial charge in [0.1, 0.15) is 11.4 Å². The molecule has 2 aliphatic heterocycles. The zero-order chi connectivity index (χ0) is 20.2. The summed E-state index contributed by atoms with van der Waals surface area (Å²) in [6, 6.07) is 0.342. The van der Waals surface area contributed by atoms with Crippen molar-refractivity contribution in [1.82, 2.24) is 14.5 Å². The van der Waals surface area contributed by atoms with Crippen molar-refractivity contribution in [1.29, 1.82) is 0 Å². The normalized spacial score (nSPS) is 35.4. The van der Waals surface area contributed by atoms with E-state index in [1.54, 1.807) is 6.20 Å². The van der Waals surface area contributed by atoms with Gasteiger partial charge in [-0.2, -0.15) is 0 Å². The third-order valence-corrected chi connectivity index (χ3v) is 7.88. The smallest absolute Gasteiger partial charge is 0.142 e. The predicted molar refractivity (Wildman–Crippen MR) is 117 cm³/mol. The fourth-order valence-corrected chi connectivity index (χ4v) is 6.44. The molecule has 2 fully saturated rings. The Bertz CT molecular complexity index is 930. The van der Waals surface area contributed by atoms with Crippen molar-refractivity contribution in [2.24, 2.45) is 7.05 Å². The van der Waals surface area contributed by atoms with E-state index >= 15 is 0 Å². The Hall–Kier alpha value is -1.33. The zero-order valence-electron chi connectivity index (χ0n) is 16.6. The Labute approximate surface area is 182 Å². The predicted octanol–water partition coefficient (Wildman–Crippen LogP) is 4.55. The summed E-state index contributed by atoms with van der Waals surface area (Å²) in [7, 11) is 1.96. The van der Waals surface area contributed by atoms with Crippen LogP contribution < -0.4 is 0 Å². The third-order valence-electron chi connectivity index (χ3n) is 7.09. The minimum absolute atomic E-state index is 0.0112. The molecule has 154 valence electrons. The second-order valence-corrected chi connectivity index (χ2v) is 9.63. The van der Waals surface area contributed by atoms with E-state index < -0.39 is 5.60 Å². The zero-order valence-corrected chi connectivity index (χ0v) is 18.2. The molecule has 4 aliphatic rings. The highest BCUT2D eigenvalue weighted by atomic mass is 35.5. The lowest BCUT2D eigenvalue weighted by Gasteiger charge is -2.40. The molecule has 1 aromatic rings. The number of hydrogen-bond acceptors (Lipinski definition) is 3. The third kappa shape index (κ3) is 3.07. The monoisotopic (exact) mass is 431 g/mol. The molecule has 1 aromatic heterocycles. The van der Waals surface area contributed by atoms with E-state index in [1.165, 1.54) is 11.1 Å². The first-order valence-electron chi connectivity index (χ1n) is 10.5. The molecular formula is C23H27Cl2N3O. The minimum Gasteiger partial charge on any atom is -0.380 e. The highest BCUT2D eigenvalue weighted by molar-refractivity contribution is 6.31. The quantitative estimate of drug-likeness (QED) is 0.710. The average Bonchev–Trinajstić information content (AvgIpc) is 3.39. The van der Waals surface area contributed by atoms with Crippen LogP contribution in [0.15, 0.2) is 59.0 Å². The van der Waals surface area contributed by atoms with E-state index in [4.69, 9.17) is 23.2 Å². The van der Waals surface area contributed by atoms with Crippen LogP contribution in [0, 0.1) is 0 Å². The molecule has 0 amide bonds.